The molecule has 0 atom stereocenters. The molecule has 3 nitrogen and oxygen atoms in total. The lowest BCUT2D eigenvalue weighted by atomic mass is 10.2. The molecule has 1 aliphatic rings. The van der Waals surface area contributed by atoms with Crippen LogP contribution in [0.25, 0.3) is 6.08 Å². The molecule has 1 aromatic rings. The van der Waals surface area contributed by atoms with E-state index in [1.807, 2.05) is 37.3 Å². The summed E-state index contributed by atoms with van der Waals surface area (Å²) >= 11 is 6.41. The first-order valence-corrected chi connectivity index (χ1v) is 6.79. The van der Waals surface area contributed by atoms with E-state index in [2.05, 4.69) is 0 Å². The maximum absolute atomic E-state index is 11.9. The van der Waals surface area contributed by atoms with Crippen LogP contribution in [-0.4, -0.2) is 28.8 Å². The second-order valence-corrected chi connectivity index (χ2v) is 5.39. The lowest BCUT2D eigenvalue weighted by Gasteiger charge is -2.07. The first-order valence-electron chi connectivity index (χ1n) is 5.57. The van der Waals surface area contributed by atoms with Crippen LogP contribution in [0.3, 0.4) is 0 Å². The maximum atomic E-state index is 11.9. The van der Waals surface area contributed by atoms with Crippen molar-refractivity contribution in [3.8, 4) is 5.75 Å². The van der Waals surface area contributed by atoms with Gasteiger partial charge in [0, 0.05) is 12.6 Å². The Morgan fingerprint density at radius 3 is 2.78 bits per heavy atom. The average molecular weight is 279 g/mol. The zero-order chi connectivity index (χ0) is 13.1. The number of hydrogen-bond donors (Lipinski definition) is 0. The third-order valence-corrected chi connectivity index (χ3v) is 3.98. The third kappa shape index (κ3) is 2.57. The Hall–Kier alpha value is -1.33. The van der Waals surface area contributed by atoms with Crippen LogP contribution in [-0.2, 0) is 4.79 Å². The number of carbonyl (C=O) groups is 1. The van der Waals surface area contributed by atoms with Crippen LogP contribution >= 0.6 is 24.0 Å². The van der Waals surface area contributed by atoms with E-state index >= 15 is 0 Å². The summed E-state index contributed by atoms with van der Waals surface area (Å²) in [5.41, 5.74) is 0.897. The number of ether oxygens (including phenoxy) is 1. The van der Waals surface area contributed by atoms with E-state index in [0.29, 0.717) is 15.8 Å². The summed E-state index contributed by atoms with van der Waals surface area (Å²) in [5.74, 6) is 0.720. The number of likely N-dealkylation sites (N-methyl/N-ethyl adjacent to an activating group) is 1. The van der Waals surface area contributed by atoms with Crippen molar-refractivity contribution < 1.29 is 9.53 Å². The number of thioether (sulfide) groups is 1. The molecule has 0 spiro atoms. The van der Waals surface area contributed by atoms with Gasteiger partial charge >= 0.3 is 0 Å². The number of hydrogen-bond acceptors (Lipinski definition) is 4. The van der Waals surface area contributed by atoms with Gasteiger partial charge in [0.2, 0.25) is 0 Å². The van der Waals surface area contributed by atoms with Gasteiger partial charge in [-0.15, -0.1) is 0 Å². The van der Waals surface area contributed by atoms with Gasteiger partial charge < -0.3 is 4.74 Å². The minimum atomic E-state index is -0.0590. The molecule has 0 N–H and O–H groups in total. The Labute approximate surface area is 116 Å². The molecule has 2 rings (SSSR count). The molecule has 0 unspecified atom stereocenters. The number of nitrogens with zero attached hydrogens (tertiary/aromatic N) is 1. The second kappa shape index (κ2) is 5.54. The predicted octanol–water partition coefficient (Wildman–Crippen LogP) is 2.92. The summed E-state index contributed by atoms with van der Waals surface area (Å²) < 4.78 is 6.11. The molecular formula is C13H13NO2S2. The van der Waals surface area contributed by atoms with Crippen LogP contribution in [0.1, 0.15) is 12.5 Å². The fourth-order valence-electron chi connectivity index (χ4n) is 1.57. The Morgan fingerprint density at radius 1 is 1.44 bits per heavy atom. The molecule has 1 amide bonds. The monoisotopic (exact) mass is 279 g/mol. The molecule has 0 bridgehead atoms. The standard InChI is InChI=1S/C13H13NO2S2/c1-3-16-10-7-5-4-6-9(10)8-11-12(15)14(2)13(17)18-11/h4-8H,3H2,1-2H3/b11-8-. The molecular weight excluding hydrogens is 266 g/mol. The van der Waals surface area contributed by atoms with Crippen molar-refractivity contribution in [2.24, 2.45) is 0 Å². The number of benzene rings is 1. The average Bonchev–Trinajstić information content (AvgIpc) is 2.60. The van der Waals surface area contributed by atoms with Gasteiger partial charge in [-0.25, -0.2) is 0 Å². The lowest BCUT2D eigenvalue weighted by molar-refractivity contribution is -0.121. The minimum Gasteiger partial charge on any atom is -0.493 e. The lowest BCUT2D eigenvalue weighted by Crippen LogP contribution is -2.22. The smallest absolute Gasteiger partial charge is 0.265 e. The fraction of sp³-hybridized carbons (Fsp3) is 0.231. The van der Waals surface area contributed by atoms with Crippen LogP contribution in [0, 0.1) is 0 Å². The highest BCUT2D eigenvalue weighted by molar-refractivity contribution is 8.26. The van der Waals surface area contributed by atoms with E-state index in [-0.39, 0.29) is 5.91 Å². The molecule has 0 aliphatic carbocycles. The summed E-state index contributed by atoms with van der Waals surface area (Å²) in [6.07, 6.45) is 1.83. The quantitative estimate of drug-likeness (QED) is 0.628. The van der Waals surface area contributed by atoms with Crippen molar-refractivity contribution in [1.29, 1.82) is 0 Å². The SMILES string of the molecule is CCOc1ccccc1/C=C1\SC(=S)N(C)C1=O. The van der Waals surface area contributed by atoms with Gasteiger partial charge in [0.25, 0.3) is 5.91 Å². The number of rotatable bonds is 3. The van der Waals surface area contributed by atoms with Crippen LogP contribution in [0.4, 0.5) is 0 Å². The van der Waals surface area contributed by atoms with Crippen LogP contribution < -0.4 is 4.74 Å². The highest BCUT2D eigenvalue weighted by Gasteiger charge is 2.28. The highest BCUT2D eigenvalue weighted by Crippen LogP contribution is 2.33. The minimum absolute atomic E-state index is 0.0590. The first kappa shape index (κ1) is 13.1. The van der Waals surface area contributed by atoms with Crippen molar-refractivity contribution in [2.45, 2.75) is 6.92 Å². The van der Waals surface area contributed by atoms with Gasteiger partial charge in [0.15, 0.2) is 0 Å². The van der Waals surface area contributed by atoms with Crippen LogP contribution in [0.5, 0.6) is 5.75 Å². The molecule has 1 fully saturated rings. The van der Waals surface area contributed by atoms with Gasteiger partial charge in [-0.3, -0.25) is 9.69 Å². The molecule has 5 heteroatoms. The molecule has 0 saturated carbocycles. The topological polar surface area (TPSA) is 29.5 Å². The Balaban J connectivity index is 2.34. The summed E-state index contributed by atoms with van der Waals surface area (Å²) in [6, 6.07) is 7.64. The molecule has 0 aromatic heterocycles. The molecule has 1 saturated heterocycles. The largest absolute Gasteiger partial charge is 0.493 e. The van der Waals surface area contributed by atoms with Crippen molar-refractivity contribution in [2.75, 3.05) is 13.7 Å². The third-order valence-electron chi connectivity index (χ3n) is 2.49. The summed E-state index contributed by atoms with van der Waals surface area (Å²) in [4.78, 5) is 14.0. The summed E-state index contributed by atoms with van der Waals surface area (Å²) in [5, 5.41) is 0. The predicted molar refractivity (Wildman–Crippen MR) is 78.5 cm³/mol. The van der Waals surface area contributed by atoms with Crippen molar-refractivity contribution in [3.05, 3.63) is 34.7 Å². The Morgan fingerprint density at radius 2 is 2.17 bits per heavy atom. The number of para-hydroxylation sites is 1. The number of thiocarbonyl (C=S) groups is 1. The zero-order valence-corrected chi connectivity index (χ0v) is 11.8. The van der Waals surface area contributed by atoms with Gasteiger partial charge in [-0.1, -0.05) is 42.2 Å². The maximum Gasteiger partial charge on any atom is 0.265 e. The summed E-state index contributed by atoms with van der Waals surface area (Å²) in [6.45, 7) is 2.53. The van der Waals surface area contributed by atoms with E-state index in [1.165, 1.54) is 16.7 Å². The normalized spacial score (nSPS) is 17.7. The zero-order valence-electron chi connectivity index (χ0n) is 10.2. The first-order chi connectivity index (χ1) is 8.63. The van der Waals surface area contributed by atoms with E-state index in [0.717, 1.165) is 11.3 Å². The van der Waals surface area contributed by atoms with Gasteiger partial charge in [0.1, 0.15) is 10.1 Å². The summed E-state index contributed by atoms with van der Waals surface area (Å²) in [7, 11) is 1.69. The van der Waals surface area contributed by atoms with Crippen molar-refractivity contribution in [3.63, 3.8) is 0 Å². The fourth-order valence-corrected chi connectivity index (χ4v) is 2.74. The van der Waals surface area contributed by atoms with E-state index in [1.54, 1.807) is 7.05 Å². The van der Waals surface area contributed by atoms with Gasteiger partial charge in [-0.05, 0) is 19.1 Å². The van der Waals surface area contributed by atoms with Crippen LogP contribution in [0.15, 0.2) is 29.2 Å². The van der Waals surface area contributed by atoms with Gasteiger partial charge in [-0.2, -0.15) is 0 Å². The molecule has 94 valence electrons. The molecule has 1 heterocycles. The number of amides is 1. The molecule has 1 aliphatic heterocycles. The number of carbonyl (C=O) groups excluding carboxylic acids is 1. The molecule has 18 heavy (non-hydrogen) atoms. The molecule has 1 aromatic carbocycles. The van der Waals surface area contributed by atoms with E-state index in [4.69, 9.17) is 17.0 Å². The Bertz CT molecular complexity index is 525. The molecule has 0 radical (unpaired) electrons. The van der Waals surface area contributed by atoms with Crippen molar-refractivity contribution >= 4 is 40.3 Å². The van der Waals surface area contributed by atoms with Crippen molar-refractivity contribution in [1.82, 2.24) is 4.90 Å². The van der Waals surface area contributed by atoms with E-state index < -0.39 is 0 Å². The Kier molecular flexibility index (Phi) is 4.04. The van der Waals surface area contributed by atoms with E-state index in [9.17, 15) is 4.79 Å². The van der Waals surface area contributed by atoms with Crippen LogP contribution in [0.2, 0.25) is 0 Å². The second-order valence-electron chi connectivity index (χ2n) is 3.71. The highest BCUT2D eigenvalue weighted by atomic mass is 32.2. The van der Waals surface area contributed by atoms with Gasteiger partial charge in [0.05, 0.1) is 11.5 Å².